The van der Waals surface area contributed by atoms with Gasteiger partial charge in [0.15, 0.2) is 5.82 Å². The Morgan fingerprint density at radius 2 is 1.70 bits per heavy atom. The number of halogens is 1. The van der Waals surface area contributed by atoms with E-state index in [1.807, 2.05) is 25.4 Å². The summed E-state index contributed by atoms with van der Waals surface area (Å²) in [5.41, 5.74) is 1.96. The molecular formula is C22H29ClN2O2. The lowest BCUT2D eigenvalue weighted by Crippen LogP contribution is -2.07. The predicted molar refractivity (Wildman–Crippen MR) is 110 cm³/mol. The number of esters is 1. The van der Waals surface area contributed by atoms with Crippen molar-refractivity contribution in [3.63, 3.8) is 0 Å². The maximum atomic E-state index is 11.8. The lowest BCUT2D eigenvalue weighted by Gasteiger charge is -2.08. The van der Waals surface area contributed by atoms with Gasteiger partial charge in [-0.25, -0.2) is 9.97 Å². The minimum absolute atomic E-state index is 0.258. The van der Waals surface area contributed by atoms with Crippen molar-refractivity contribution in [1.82, 2.24) is 9.97 Å². The number of benzene rings is 1. The molecule has 0 aliphatic carbocycles. The zero-order chi connectivity index (χ0) is 19.5. The van der Waals surface area contributed by atoms with Crippen LogP contribution in [0.1, 0.15) is 70.8 Å². The number of carbonyl (C=O) groups excluding carboxylic acids is 1. The topological polar surface area (TPSA) is 52.1 Å². The quantitative estimate of drug-likeness (QED) is 0.253. The van der Waals surface area contributed by atoms with Crippen LogP contribution in [0.15, 0.2) is 30.6 Å². The average Bonchev–Trinajstić information content (AvgIpc) is 2.68. The summed E-state index contributed by atoms with van der Waals surface area (Å²) in [5.74, 6) is 0.742. The van der Waals surface area contributed by atoms with Gasteiger partial charge in [-0.2, -0.15) is 0 Å². The Hall–Kier alpha value is -1.94. The molecule has 1 aromatic heterocycles. The lowest BCUT2D eigenvalue weighted by molar-refractivity contribution is -0.134. The summed E-state index contributed by atoms with van der Waals surface area (Å²) in [6.07, 6.45) is 13.2. The second-order valence-corrected chi connectivity index (χ2v) is 7.21. The van der Waals surface area contributed by atoms with E-state index in [0.717, 1.165) is 30.4 Å². The molecule has 1 heterocycles. The summed E-state index contributed by atoms with van der Waals surface area (Å²) in [4.78, 5) is 20.7. The van der Waals surface area contributed by atoms with Crippen molar-refractivity contribution < 1.29 is 9.53 Å². The molecule has 0 aliphatic heterocycles. The highest BCUT2D eigenvalue weighted by molar-refractivity contribution is 6.32. The van der Waals surface area contributed by atoms with Crippen LogP contribution in [-0.4, -0.2) is 15.9 Å². The monoisotopic (exact) mass is 388 g/mol. The Bertz CT molecular complexity index is 717. The number of hydrogen-bond donors (Lipinski definition) is 0. The van der Waals surface area contributed by atoms with Gasteiger partial charge in [-0.05, 0) is 43.0 Å². The predicted octanol–water partition coefficient (Wildman–Crippen LogP) is 6.41. The van der Waals surface area contributed by atoms with Crippen molar-refractivity contribution in [2.24, 2.45) is 0 Å². The molecule has 0 atom stereocenters. The van der Waals surface area contributed by atoms with Crippen LogP contribution in [0.2, 0.25) is 5.02 Å². The fourth-order valence-corrected chi connectivity index (χ4v) is 3.00. The van der Waals surface area contributed by atoms with E-state index in [1.165, 1.54) is 32.1 Å². The summed E-state index contributed by atoms with van der Waals surface area (Å²) < 4.78 is 5.32. The highest BCUT2D eigenvalue weighted by atomic mass is 35.5. The van der Waals surface area contributed by atoms with Crippen LogP contribution in [0.4, 0.5) is 0 Å². The van der Waals surface area contributed by atoms with Gasteiger partial charge in [-0.1, -0.05) is 57.6 Å². The molecule has 2 rings (SSSR count). The Morgan fingerprint density at radius 1 is 1.00 bits per heavy atom. The van der Waals surface area contributed by atoms with Gasteiger partial charge in [-0.3, -0.25) is 4.79 Å². The molecule has 4 nitrogen and oxygen atoms in total. The normalized spacial score (nSPS) is 10.8. The third kappa shape index (κ3) is 7.30. The van der Waals surface area contributed by atoms with Crippen LogP contribution in [0.5, 0.6) is 5.75 Å². The molecule has 2 aromatic rings. The number of hydrogen-bond acceptors (Lipinski definition) is 4. The number of carbonyl (C=O) groups is 1. The molecule has 27 heavy (non-hydrogen) atoms. The smallest absolute Gasteiger partial charge is 0.311 e. The fraction of sp³-hybridized carbons (Fsp3) is 0.500. The molecule has 0 aliphatic rings. The molecule has 5 heteroatoms. The molecule has 0 unspecified atom stereocenters. The summed E-state index contributed by atoms with van der Waals surface area (Å²) in [6, 6.07) is 5.27. The van der Waals surface area contributed by atoms with E-state index in [0.29, 0.717) is 23.0 Å². The van der Waals surface area contributed by atoms with E-state index in [9.17, 15) is 4.79 Å². The number of unbranched alkanes of at least 4 members (excludes halogenated alkanes) is 5. The molecule has 0 radical (unpaired) electrons. The fourth-order valence-electron chi connectivity index (χ4n) is 2.78. The van der Waals surface area contributed by atoms with Crippen molar-refractivity contribution >= 4 is 17.6 Å². The standard InChI is InChI=1S/C22H29ClN2O2/c1-3-5-7-8-9-10-17-15-24-22(25-16-17)18-12-13-20(19(23)14-18)27-21(26)11-6-4-2/h12-16H,3-11H2,1-2H3. The van der Waals surface area contributed by atoms with Crippen molar-refractivity contribution in [1.29, 1.82) is 0 Å². The van der Waals surface area contributed by atoms with Crippen LogP contribution >= 0.6 is 11.6 Å². The first-order valence-corrected chi connectivity index (χ1v) is 10.3. The van der Waals surface area contributed by atoms with E-state index in [1.54, 1.807) is 12.1 Å². The zero-order valence-corrected chi connectivity index (χ0v) is 17.1. The van der Waals surface area contributed by atoms with Crippen molar-refractivity contribution in [3.8, 4) is 17.1 Å². The summed E-state index contributed by atoms with van der Waals surface area (Å²) >= 11 is 6.27. The van der Waals surface area contributed by atoms with Crippen LogP contribution in [0.3, 0.4) is 0 Å². The SMILES string of the molecule is CCCCCCCc1cnc(-c2ccc(OC(=O)CCCC)c(Cl)c2)nc1. The van der Waals surface area contributed by atoms with Gasteiger partial charge in [-0.15, -0.1) is 0 Å². The minimum Gasteiger partial charge on any atom is -0.425 e. The molecule has 0 amide bonds. The highest BCUT2D eigenvalue weighted by Gasteiger charge is 2.10. The largest absolute Gasteiger partial charge is 0.425 e. The molecule has 0 bridgehead atoms. The Labute approximate surface area is 167 Å². The van der Waals surface area contributed by atoms with E-state index < -0.39 is 0 Å². The molecule has 0 saturated heterocycles. The zero-order valence-electron chi connectivity index (χ0n) is 16.3. The highest BCUT2D eigenvalue weighted by Crippen LogP contribution is 2.29. The number of ether oxygens (including phenoxy) is 1. The van der Waals surface area contributed by atoms with Crippen molar-refractivity contribution in [3.05, 3.63) is 41.2 Å². The second kappa shape index (κ2) is 11.7. The lowest BCUT2D eigenvalue weighted by atomic mass is 10.1. The molecule has 146 valence electrons. The van der Waals surface area contributed by atoms with Gasteiger partial charge in [0, 0.05) is 24.4 Å². The van der Waals surface area contributed by atoms with E-state index in [2.05, 4.69) is 16.9 Å². The number of nitrogens with zero attached hydrogens (tertiary/aromatic N) is 2. The van der Waals surface area contributed by atoms with Gasteiger partial charge < -0.3 is 4.74 Å². The summed E-state index contributed by atoms with van der Waals surface area (Å²) in [7, 11) is 0. The van der Waals surface area contributed by atoms with Crippen LogP contribution < -0.4 is 4.74 Å². The van der Waals surface area contributed by atoms with Crippen LogP contribution in [0, 0.1) is 0 Å². The molecular weight excluding hydrogens is 360 g/mol. The maximum Gasteiger partial charge on any atom is 0.311 e. The van der Waals surface area contributed by atoms with Gasteiger partial charge in [0.2, 0.25) is 0 Å². The van der Waals surface area contributed by atoms with E-state index in [-0.39, 0.29) is 5.97 Å². The number of rotatable bonds is 11. The molecule has 0 spiro atoms. The molecule has 0 fully saturated rings. The maximum absolute atomic E-state index is 11.8. The first-order chi connectivity index (χ1) is 13.1. The first-order valence-electron chi connectivity index (χ1n) is 9.95. The van der Waals surface area contributed by atoms with Gasteiger partial charge >= 0.3 is 5.97 Å². The van der Waals surface area contributed by atoms with Gasteiger partial charge in [0.25, 0.3) is 0 Å². The Balaban J connectivity index is 1.93. The number of aryl methyl sites for hydroxylation is 1. The Kier molecular flexibility index (Phi) is 9.26. The van der Waals surface area contributed by atoms with E-state index in [4.69, 9.17) is 16.3 Å². The molecule has 1 aromatic carbocycles. The Morgan fingerprint density at radius 3 is 2.37 bits per heavy atom. The van der Waals surface area contributed by atoms with Crippen LogP contribution in [-0.2, 0) is 11.2 Å². The third-order valence-corrected chi connectivity index (χ3v) is 4.72. The summed E-state index contributed by atoms with van der Waals surface area (Å²) in [6.45, 7) is 4.26. The van der Waals surface area contributed by atoms with Crippen LogP contribution in [0.25, 0.3) is 11.4 Å². The van der Waals surface area contributed by atoms with Gasteiger partial charge in [0.05, 0.1) is 5.02 Å². The second-order valence-electron chi connectivity index (χ2n) is 6.80. The van der Waals surface area contributed by atoms with Crippen molar-refractivity contribution in [2.45, 2.75) is 71.6 Å². The third-order valence-electron chi connectivity index (χ3n) is 4.42. The van der Waals surface area contributed by atoms with Gasteiger partial charge in [0.1, 0.15) is 5.75 Å². The average molecular weight is 389 g/mol. The van der Waals surface area contributed by atoms with E-state index >= 15 is 0 Å². The minimum atomic E-state index is -0.258. The molecule has 0 saturated carbocycles. The summed E-state index contributed by atoms with van der Waals surface area (Å²) in [5, 5.41) is 0.390. The molecule has 0 N–H and O–H groups in total. The number of aromatic nitrogens is 2. The first kappa shape index (κ1) is 21.4. The van der Waals surface area contributed by atoms with Crippen molar-refractivity contribution in [2.75, 3.05) is 0 Å².